The lowest BCUT2D eigenvalue weighted by molar-refractivity contribution is 0.0536. The van der Waals surface area contributed by atoms with E-state index in [-0.39, 0.29) is 16.9 Å². The van der Waals surface area contributed by atoms with Gasteiger partial charge < -0.3 is 20.3 Å². The van der Waals surface area contributed by atoms with Gasteiger partial charge in [-0.1, -0.05) is 18.2 Å². The van der Waals surface area contributed by atoms with Crippen LogP contribution in [-0.4, -0.2) is 45.7 Å². The third-order valence-electron chi connectivity index (χ3n) is 7.33. The molecule has 6 rings (SSSR count). The van der Waals surface area contributed by atoms with E-state index < -0.39 is 16.9 Å². The molecule has 2 aromatic carbocycles. The van der Waals surface area contributed by atoms with Crippen LogP contribution in [-0.2, 0) is 23.3 Å². The summed E-state index contributed by atoms with van der Waals surface area (Å²) in [5.41, 5.74) is 5.99. The monoisotopic (exact) mass is 512 g/mol. The van der Waals surface area contributed by atoms with Crippen LogP contribution in [0.2, 0.25) is 0 Å². The first-order valence-corrected chi connectivity index (χ1v) is 12.6. The van der Waals surface area contributed by atoms with Gasteiger partial charge in [-0.3, -0.25) is 14.4 Å². The molecular weight excluding hydrogens is 484 g/mol. The minimum atomic E-state index is -0.921. The van der Waals surface area contributed by atoms with Gasteiger partial charge in [-0.2, -0.15) is 4.98 Å². The van der Waals surface area contributed by atoms with E-state index in [2.05, 4.69) is 33.2 Å². The number of fused-ring (bicyclic) bond motifs is 2. The van der Waals surface area contributed by atoms with Gasteiger partial charge in [0.25, 0.3) is 5.91 Å². The van der Waals surface area contributed by atoms with Crippen LogP contribution in [0, 0.1) is 0 Å². The van der Waals surface area contributed by atoms with Crippen LogP contribution < -0.4 is 21.5 Å². The maximum absolute atomic E-state index is 13.2. The Kier molecular flexibility index (Phi) is 6.15. The summed E-state index contributed by atoms with van der Waals surface area (Å²) < 4.78 is 1.75. The predicted octanol–water partition coefficient (Wildman–Crippen LogP) is 2.49. The number of carbonyl (C=O) groups is 1. The highest BCUT2D eigenvalue weighted by atomic mass is 16.6. The third kappa shape index (κ3) is 4.32. The molecule has 1 atom stereocenters. The maximum atomic E-state index is 13.2. The van der Waals surface area contributed by atoms with Crippen molar-refractivity contribution in [3.63, 3.8) is 0 Å². The summed E-state index contributed by atoms with van der Waals surface area (Å²) in [7, 11) is 1.32. The molecule has 1 unspecified atom stereocenters. The van der Waals surface area contributed by atoms with Gasteiger partial charge in [-0.05, 0) is 73.2 Å². The molecule has 1 amide bonds. The number of amides is 1. The molecule has 1 aliphatic heterocycles. The van der Waals surface area contributed by atoms with E-state index >= 15 is 0 Å². The first kappa shape index (κ1) is 24.2. The van der Waals surface area contributed by atoms with Crippen molar-refractivity contribution in [1.29, 1.82) is 0 Å². The van der Waals surface area contributed by atoms with Crippen LogP contribution in [0.3, 0.4) is 0 Å². The highest BCUT2D eigenvalue weighted by molar-refractivity contribution is 5.96. The zero-order chi connectivity index (χ0) is 26.3. The fourth-order valence-corrected chi connectivity index (χ4v) is 5.33. The zero-order valence-corrected chi connectivity index (χ0v) is 21.0. The fourth-order valence-electron chi connectivity index (χ4n) is 5.33. The average Bonchev–Trinajstić information content (AvgIpc) is 3.58. The lowest BCUT2D eigenvalue weighted by atomic mass is 9.93. The van der Waals surface area contributed by atoms with Crippen LogP contribution in [0.25, 0.3) is 16.7 Å². The minimum absolute atomic E-state index is 0.0738. The highest BCUT2D eigenvalue weighted by Gasteiger charge is 2.33. The Morgan fingerprint density at radius 2 is 2.05 bits per heavy atom. The number of hydroxylamine groups is 1. The topological polar surface area (TPSA) is 130 Å². The van der Waals surface area contributed by atoms with E-state index in [0.29, 0.717) is 24.3 Å². The number of hydrogen-bond acceptors (Lipinski definition) is 8. The molecule has 2 aromatic heterocycles. The molecule has 3 heterocycles. The Hall–Kier alpha value is -4.12. The van der Waals surface area contributed by atoms with Gasteiger partial charge >= 0.3 is 0 Å². The number of β-amino-alcohol motifs (C(OH)–C–C–N with tert-alkyl or cyclic N) is 1. The van der Waals surface area contributed by atoms with Gasteiger partial charge in [0.05, 0.1) is 12.5 Å². The van der Waals surface area contributed by atoms with Crippen molar-refractivity contribution < 1.29 is 14.7 Å². The van der Waals surface area contributed by atoms with Crippen molar-refractivity contribution in [3.8, 4) is 5.69 Å². The van der Waals surface area contributed by atoms with E-state index in [0.717, 1.165) is 37.1 Å². The van der Waals surface area contributed by atoms with E-state index in [1.807, 2.05) is 30.3 Å². The van der Waals surface area contributed by atoms with Gasteiger partial charge in [0.2, 0.25) is 11.4 Å². The lowest BCUT2D eigenvalue weighted by Gasteiger charge is -2.22. The standard InChI is InChI=1S/C28H28N6O4/c1-38-33-26(36)23-15-34(21-9-8-17-4-2-5-18(17)12-21)25-22(24(23)35)14-30-27(32-25)31-20-7-3-6-19(13-20)28(37)10-11-29-16-28/h3,6-9,12-15,29,37H,2,4-5,10-11,16H2,1H3,(H,33,36)(H,30,31,32). The SMILES string of the molecule is CONC(=O)c1cn(-c2ccc3c(c2)CCC3)c2nc(Nc3cccc(C4(O)CCNC4)c3)ncc2c1=O. The predicted molar refractivity (Wildman–Crippen MR) is 143 cm³/mol. The van der Waals surface area contributed by atoms with E-state index in [1.165, 1.54) is 30.6 Å². The van der Waals surface area contributed by atoms with Gasteiger partial charge in [-0.25, -0.2) is 10.5 Å². The van der Waals surface area contributed by atoms with Crippen LogP contribution in [0.1, 0.15) is 39.9 Å². The van der Waals surface area contributed by atoms with Crippen molar-refractivity contribution in [2.75, 3.05) is 25.5 Å². The van der Waals surface area contributed by atoms with Crippen LogP contribution in [0.15, 0.2) is 59.7 Å². The summed E-state index contributed by atoms with van der Waals surface area (Å²) in [4.78, 5) is 39.7. The fraction of sp³-hybridized carbons (Fsp3) is 0.286. The molecule has 0 radical (unpaired) electrons. The van der Waals surface area contributed by atoms with Gasteiger partial charge in [-0.15, -0.1) is 0 Å². The second-order valence-electron chi connectivity index (χ2n) is 9.78. The number of aliphatic hydroxyl groups is 1. The summed E-state index contributed by atoms with van der Waals surface area (Å²) in [6.07, 6.45) is 6.69. The van der Waals surface area contributed by atoms with E-state index in [9.17, 15) is 14.7 Å². The second kappa shape index (κ2) is 9.64. The molecule has 1 aliphatic carbocycles. The van der Waals surface area contributed by atoms with Crippen molar-refractivity contribution >= 4 is 28.6 Å². The third-order valence-corrected chi connectivity index (χ3v) is 7.33. The molecular formula is C28H28N6O4. The number of aromatic nitrogens is 3. The normalized spacial score (nSPS) is 18.5. The molecule has 0 saturated carbocycles. The molecule has 2 aliphatic rings. The van der Waals surface area contributed by atoms with Gasteiger partial charge in [0.1, 0.15) is 11.2 Å². The Morgan fingerprint density at radius 3 is 2.87 bits per heavy atom. The Bertz CT molecular complexity index is 1610. The van der Waals surface area contributed by atoms with Gasteiger partial charge in [0, 0.05) is 30.3 Å². The van der Waals surface area contributed by atoms with Crippen molar-refractivity contribution in [3.05, 3.63) is 87.3 Å². The number of aryl methyl sites for hydroxylation is 2. The van der Waals surface area contributed by atoms with Crippen LogP contribution in [0.5, 0.6) is 0 Å². The summed E-state index contributed by atoms with van der Waals surface area (Å²) in [5, 5.41) is 17.6. The highest BCUT2D eigenvalue weighted by Crippen LogP contribution is 2.30. The number of nitrogens with one attached hydrogen (secondary N) is 3. The smallest absolute Gasteiger partial charge is 0.280 e. The Labute approximate surface area is 218 Å². The van der Waals surface area contributed by atoms with Crippen LogP contribution in [0.4, 0.5) is 11.6 Å². The van der Waals surface area contributed by atoms with E-state index in [1.54, 1.807) is 4.57 Å². The molecule has 38 heavy (non-hydrogen) atoms. The first-order chi connectivity index (χ1) is 18.4. The lowest BCUT2D eigenvalue weighted by Crippen LogP contribution is -2.29. The number of pyridine rings is 1. The molecule has 10 nitrogen and oxygen atoms in total. The second-order valence-corrected chi connectivity index (χ2v) is 9.78. The molecule has 4 N–H and O–H groups in total. The summed E-state index contributed by atoms with van der Waals surface area (Å²) in [5.74, 6) is -0.359. The van der Waals surface area contributed by atoms with Gasteiger partial charge in [0.15, 0.2) is 5.65 Å². The molecule has 10 heteroatoms. The molecule has 194 valence electrons. The zero-order valence-electron chi connectivity index (χ0n) is 21.0. The van der Waals surface area contributed by atoms with Crippen molar-refractivity contribution in [1.82, 2.24) is 25.3 Å². The molecule has 1 saturated heterocycles. The molecule has 0 spiro atoms. The maximum Gasteiger partial charge on any atom is 0.280 e. The minimum Gasteiger partial charge on any atom is -0.384 e. The number of benzene rings is 2. The number of anilines is 2. The average molecular weight is 513 g/mol. The summed E-state index contributed by atoms with van der Waals surface area (Å²) in [6.45, 7) is 1.25. The quantitative estimate of drug-likeness (QED) is 0.290. The molecule has 0 bridgehead atoms. The summed E-state index contributed by atoms with van der Waals surface area (Å²) >= 11 is 0. The number of nitrogens with zero attached hydrogens (tertiary/aromatic N) is 3. The largest absolute Gasteiger partial charge is 0.384 e. The number of carbonyl (C=O) groups excluding carboxylic acids is 1. The Morgan fingerprint density at radius 1 is 1.18 bits per heavy atom. The van der Waals surface area contributed by atoms with Crippen molar-refractivity contribution in [2.24, 2.45) is 0 Å². The number of rotatable bonds is 6. The number of hydrogen-bond donors (Lipinski definition) is 4. The summed E-state index contributed by atoms with van der Waals surface area (Å²) in [6, 6.07) is 13.7. The molecule has 4 aromatic rings. The van der Waals surface area contributed by atoms with Crippen molar-refractivity contribution in [2.45, 2.75) is 31.3 Å². The van der Waals surface area contributed by atoms with E-state index in [4.69, 9.17) is 9.82 Å². The van der Waals surface area contributed by atoms with Crippen LogP contribution >= 0.6 is 0 Å². The Balaban J connectivity index is 1.45. The molecule has 1 fully saturated rings. The first-order valence-electron chi connectivity index (χ1n) is 12.6.